The Kier molecular flexibility index (Phi) is 3.38. The third-order valence-corrected chi connectivity index (χ3v) is 4.10. The summed E-state index contributed by atoms with van der Waals surface area (Å²) >= 11 is 0. The maximum Gasteiger partial charge on any atom is 0.276 e. The van der Waals surface area contributed by atoms with Crippen LogP contribution in [-0.4, -0.2) is 58.0 Å². The lowest BCUT2D eigenvalue weighted by molar-refractivity contribution is 0.0771. The topological polar surface area (TPSA) is 56.7 Å². The summed E-state index contributed by atoms with van der Waals surface area (Å²) in [6.07, 6.45) is 5.11. The summed E-state index contributed by atoms with van der Waals surface area (Å²) in [7, 11) is 0. The van der Waals surface area contributed by atoms with E-state index in [0.717, 1.165) is 32.6 Å². The molecular formula is C14H19N3O2. The van der Waals surface area contributed by atoms with Crippen LogP contribution >= 0.6 is 0 Å². The largest absolute Gasteiger partial charge is 0.505 e. The molecule has 1 amide bonds. The zero-order valence-electron chi connectivity index (χ0n) is 11.0. The summed E-state index contributed by atoms with van der Waals surface area (Å²) in [5, 5.41) is 9.70. The van der Waals surface area contributed by atoms with Crippen LogP contribution in [0.1, 0.15) is 29.8 Å². The number of carbonyl (C=O) groups is 1. The third-order valence-electron chi connectivity index (χ3n) is 4.10. The maximum absolute atomic E-state index is 12.3. The summed E-state index contributed by atoms with van der Waals surface area (Å²) in [6.45, 7) is 3.83. The average Bonchev–Trinajstić information content (AvgIpc) is 3.09. The van der Waals surface area contributed by atoms with Gasteiger partial charge >= 0.3 is 0 Å². The molecule has 0 saturated carbocycles. The number of likely N-dealkylation sites (tertiary alicyclic amines) is 2. The van der Waals surface area contributed by atoms with Gasteiger partial charge in [-0.1, -0.05) is 0 Å². The van der Waals surface area contributed by atoms with E-state index >= 15 is 0 Å². The molecule has 0 radical (unpaired) electrons. The van der Waals surface area contributed by atoms with E-state index in [1.54, 1.807) is 12.3 Å². The Balaban J connectivity index is 1.67. The third kappa shape index (κ3) is 2.42. The van der Waals surface area contributed by atoms with Crippen LogP contribution in [0.5, 0.6) is 5.75 Å². The number of pyridine rings is 1. The van der Waals surface area contributed by atoms with E-state index < -0.39 is 0 Å². The molecule has 2 saturated heterocycles. The van der Waals surface area contributed by atoms with Gasteiger partial charge < -0.3 is 10.0 Å². The first kappa shape index (κ1) is 12.4. The van der Waals surface area contributed by atoms with E-state index in [1.165, 1.54) is 18.9 Å². The maximum atomic E-state index is 12.3. The lowest BCUT2D eigenvalue weighted by atomic mass is 10.2. The van der Waals surface area contributed by atoms with Gasteiger partial charge in [0.2, 0.25) is 0 Å². The Morgan fingerprint density at radius 1 is 1.32 bits per heavy atom. The number of aromatic nitrogens is 1. The molecule has 3 rings (SSSR count). The van der Waals surface area contributed by atoms with Crippen LogP contribution in [-0.2, 0) is 0 Å². The van der Waals surface area contributed by atoms with E-state index in [-0.39, 0.29) is 17.4 Å². The first-order valence-corrected chi connectivity index (χ1v) is 6.93. The fourth-order valence-electron chi connectivity index (χ4n) is 3.04. The molecule has 1 unspecified atom stereocenters. The molecule has 1 aromatic heterocycles. The second-order valence-electron chi connectivity index (χ2n) is 5.31. The molecule has 1 atom stereocenters. The molecule has 0 spiro atoms. The average molecular weight is 261 g/mol. The molecule has 2 fully saturated rings. The van der Waals surface area contributed by atoms with Crippen molar-refractivity contribution >= 4 is 5.91 Å². The quantitative estimate of drug-likeness (QED) is 0.866. The minimum atomic E-state index is -0.153. The van der Waals surface area contributed by atoms with Crippen LogP contribution in [0.25, 0.3) is 0 Å². The molecule has 3 heterocycles. The standard InChI is InChI=1S/C14H19N3O2/c18-12-4-3-6-15-13(12)14(19)17-9-5-11(10-17)16-7-1-2-8-16/h3-4,6,11,18H,1-2,5,7-10H2. The van der Waals surface area contributed by atoms with Crippen molar-refractivity contribution in [2.45, 2.75) is 25.3 Å². The fourth-order valence-corrected chi connectivity index (χ4v) is 3.04. The van der Waals surface area contributed by atoms with Crippen molar-refractivity contribution in [3.8, 4) is 5.75 Å². The second kappa shape index (κ2) is 5.17. The molecular weight excluding hydrogens is 242 g/mol. The van der Waals surface area contributed by atoms with Gasteiger partial charge in [-0.05, 0) is 44.5 Å². The zero-order chi connectivity index (χ0) is 13.2. The monoisotopic (exact) mass is 261 g/mol. The van der Waals surface area contributed by atoms with Gasteiger partial charge in [-0.15, -0.1) is 0 Å². The Morgan fingerprint density at radius 2 is 2.11 bits per heavy atom. The van der Waals surface area contributed by atoms with E-state index in [1.807, 2.05) is 4.90 Å². The number of hydrogen-bond acceptors (Lipinski definition) is 4. The number of nitrogens with zero attached hydrogens (tertiary/aromatic N) is 3. The predicted octanol–water partition coefficient (Wildman–Crippen LogP) is 1.10. The zero-order valence-corrected chi connectivity index (χ0v) is 11.0. The van der Waals surface area contributed by atoms with Crippen LogP contribution in [0.4, 0.5) is 0 Å². The van der Waals surface area contributed by atoms with Crippen LogP contribution in [0.2, 0.25) is 0 Å². The normalized spacial score (nSPS) is 24.0. The van der Waals surface area contributed by atoms with Gasteiger partial charge in [0.05, 0.1) is 0 Å². The van der Waals surface area contributed by atoms with E-state index in [4.69, 9.17) is 0 Å². The smallest absolute Gasteiger partial charge is 0.276 e. The summed E-state index contributed by atoms with van der Waals surface area (Å²) in [5.74, 6) is -0.183. The highest BCUT2D eigenvalue weighted by Gasteiger charge is 2.32. The number of amides is 1. The van der Waals surface area contributed by atoms with Crippen molar-refractivity contribution in [2.24, 2.45) is 0 Å². The highest BCUT2D eigenvalue weighted by molar-refractivity contribution is 5.94. The predicted molar refractivity (Wildman–Crippen MR) is 71.0 cm³/mol. The van der Waals surface area contributed by atoms with E-state index in [2.05, 4.69) is 9.88 Å². The Morgan fingerprint density at radius 3 is 2.84 bits per heavy atom. The first-order valence-electron chi connectivity index (χ1n) is 6.93. The molecule has 0 aromatic carbocycles. The molecule has 5 heteroatoms. The highest BCUT2D eigenvalue weighted by Crippen LogP contribution is 2.23. The highest BCUT2D eigenvalue weighted by atomic mass is 16.3. The van der Waals surface area contributed by atoms with Gasteiger partial charge in [0, 0.05) is 25.3 Å². The minimum Gasteiger partial charge on any atom is -0.505 e. The SMILES string of the molecule is O=C(c1ncccc1O)N1CCC(N2CCCC2)C1. The number of rotatable bonds is 2. The molecule has 102 valence electrons. The molecule has 1 N–H and O–H groups in total. The number of aromatic hydroxyl groups is 1. The van der Waals surface area contributed by atoms with Gasteiger partial charge in [-0.2, -0.15) is 0 Å². The number of carbonyl (C=O) groups excluding carboxylic acids is 1. The van der Waals surface area contributed by atoms with Crippen LogP contribution in [0, 0.1) is 0 Å². The van der Waals surface area contributed by atoms with Crippen molar-refractivity contribution in [1.29, 1.82) is 0 Å². The molecule has 5 nitrogen and oxygen atoms in total. The summed E-state index contributed by atoms with van der Waals surface area (Å²) < 4.78 is 0. The first-order chi connectivity index (χ1) is 9.25. The molecule has 1 aromatic rings. The fraction of sp³-hybridized carbons (Fsp3) is 0.571. The van der Waals surface area contributed by atoms with Gasteiger partial charge in [0.15, 0.2) is 5.69 Å². The molecule has 0 bridgehead atoms. The number of hydrogen-bond donors (Lipinski definition) is 1. The van der Waals surface area contributed by atoms with E-state index in [9.17, 15) is 9.90 Å². The van der Waals surface area contributed by atoms with Crippen LogP contribution in [0.15, 0.2) is 18.3 Å². The van der Waals surface area contributed by atoms with Crippen molar-refractivity contribution in [2.75, 3.05) is 26.2 Å². The van der Waals surface area contributed by atoms with Gasteiger partial charge in [-0.3, -0.25) is 9.69 Å². The van der Waals surface area contributed by atoms with Gasteiger partial charge in [0.25, 0.3) is 5.91 Å². The lowest BCUT2D eigenvalue weighted by Gasteiger charge is -2.23. The Bertz CT molecular complexity index is 472. The van der Waals surface area contributed by atoms with Crippen molar-refractivity contribution in [1.82, 2.24) is 14.8 Å². The molecule has 2 aliphatic heterocycles. The van der Waals surface area contributed by atoms with Crippen LogP contribution in [0.3, 0.4) is 0 Å². The Hall–Kier alpha value is -1.62. The summed E-state index contributed by atoms with van der Waals surface area (Å²) in [5.41, 5.74) is 0.171. The molecule has 19 heavy (non-hydrogen) atoms. The van der Waals surface area contributed by atoms with Crippen LogP contribution < -0.4 is 0 Å². The lowest BCUT2D eigenvalue weighted by Crippen LogP contribution is -2.37. The Labute approximate surface area is 112 Å². The van der Waals surface area contributed by atoms with Crippen molar-refractivity contribution < 1.29 is 9.90 Å². The van der Waals surface area contributed by atoms with Crippen molar-refractivity contribution in [3.63, 3.8) is 0 Å². The minimum absolute atomic E-state index is 0.0304. The van der Waals surface area contributed by atoms with Gasteiger partial charge in [0.1, 0.15) is 5.75 Å². The second-order valence-corrected chi connectivity index (χ2v) is 5.31. The molecule has 0 aliphatic carbocycles. The van der Waals surface area contributed by atoms with Crippen molar-refractivity contribution in [3.05, 3.63) is 24.0 Å². The molecule has 2 aliphatic rings. The summed E-state index contributed by atoms with van der Waals surface area (Å²) in [6, 6.07) is 3.62. The van der Waals surface area contributed by atoms with E-state index in [0.29, 0.717) is 6.04 Å². The van der Waals surface area contributed by atoms with Gasteiger partial charge in [-0.25, -0.2) is 4.98 Å². The summed E-state index contributed by atoms with van der Waals surface area (Å²) in [4.78, 5) is 20.6.